The van der Waals surface area contributed by atoms with Gasteiger partial charge in [0.2, 0.25) is 0 Å². The summed E-state index contributed by atoms with van der Waals surface area (Å²) in [5, 5.41) is 10.4. The monoisotopic (exact) mass is 358 g/mol. The van der Waals surface area contributed by atoms with E-state index in [-0.39, 0.29) is 10.6 Å². The lowest BCUT2D eigenvalue weighted by Gasteiger charge is -2.37. The predicted octanol–water partition coefficient (Wildman–Crippen LogP) is 3.06. The van der Waals surface area contributed by atoms with Gasteiger partial charge in [0, 0.05) is 25.2 Å². The summed E-state index contributed by atoms with van der Waals surface area (Å²) in [6.07, 6.45) is 7.39. The molecule has 1 aromatic heterocycles. The number of aryl methyl sites for hydroxylation is 1. The molecule has 2 aliphatic rings. The Morgan fingerprint density at radius 2 is 2.00 bits per heavy atom. The van der Waals surface area contributed by atoms with Crippen LogP contribution in [0.5, 0.6) is 0 Å². The fraction of sp³-hybridized carbons (Fsp3) is 0.474. The third-order valence-electron chi connectivity index (χ3n) is 5.42. The van der Waals surface area contributed by atoms with Crippen LogP contribution in [0.3, 0.4) is 0 Å². The Kier molecular flexibility index (Phi) is 4.77. The number of rotatable bonds is 3. The van der Waals surface area contributed by atoms with Crippen LogP contribution in [0.15, 0.2) is 35.3 Å². The summed E-state index contributed by atoms with van der Waals surface area (Å²) in [5.74, 6) is 0. The van der Waals surface area contributed by atoms with Crippen LogP contribution in [-0.2, 0) is 6.42 Å². The molecule has 2 heterocycles. The third-order valence-corrected chi connectivity index (χ3v) is 5.78. The van der Waals surface area contributed by atoms with Gasteiger partial charge in [-0.2, -0.15) is 5.10 Å². The number of anilines is 1. The van der Waals surface area contributed by atoms with Crippen molar-refractivity contribution in [2.45, 2.75) is 44.2 Å². The average molecular weight is 359 g/mol. The van der Waals surface area contributed by atoms with Gasteiger partial charge >= 0.3 is 0 Å². The molecule has 6 heteroatoms. The number of nitrogens with one attached hydrogen (secondary N) is 2. The van der Waals surface area contributed by atoms with E-state index in [1.165, 1.54) is 30.4 Å². The fourth-order valence-electron chi connectivity index (χ4n) is 4.09. The molecule has 0 amide bonds. The second kappa shape index (κ2) is 7.18. The highest BCUT2D eigenvalue weighted by atomic mass is 35.5. The van der Waals surface area contributed by atoms with Gasteiger partial charge < -0.3 is 10.2 Å². The van der Waals surface area contributed by atoms with Crippen LogP contribution in [0.4, 0.5) is 5.69 Å². The van der Waals surface area contributed by atoms with Crippen LogP contribution < -0.4 is 15.8 Å². The predicted molar refractivity (Wildman–Crippen MR) is 100 cm³/mol. The van der Waals surface area contributed by atoms with Gasteiger partial charge in [0.25, 0.3) is 5.56 Å². The van der Waals surface area contributed by atoms with Crippen LogP contribution in [0.1, 0.15) is 42.9 Å². The summed E-state index contributed by atoms with van der Waals surface area (Å²) in [6.45, 7) is 1.77. The average Bonchev–Trinajstić information content (AvgIpc) is 2.65. The number of hydrogen-bond acceptors (Lipinski definition) is 4. The molecular formula is C19H23ClN4O. The van der Waals surface area contributed by atoms with Gasteiger partial charge in [0.1, 0.15) is 5.02 Å². The lowest BCUT2D eigenvalue weighted by Crippen LogP contribution is -2.44. The largest absolute Gasteiger partial charge is 0.369 e. The number of aromatic nitrogens is 2. The first-order valence-electron chi connectivity index (χ1n) is 9.04. The summed E-state index contributed by atoms with van der Waals surface area (Å²) in [4.78, 5) is 13.8. The lowest BCUT2D eigenvalue weighted by atomic mass is 9.87. The van der Waals surface area contributed by atoms with E-state index in [9.17, 15) is 4.79 Å². The summed E-state index contributed by atoms with van der Waals surface area (Å²) in [6, 6.07) is 9.77. The van der Waals surface area contributed by atoms with Gasteiger partial charge in [-0.3, -0.25) is 4.79 Å². The molecule has 2 N–H and O–H groups in total. The quantitative estimate of drug-likeness (QED) is 0.885. The Hall–Kier alpha value is -1.85. The Morgan fingerprint density at radius 1 is 1.20 bits per heavy atom. The molecule has 0 radical (unpaired) electrons. The molecule has 4 rings (SSSR count). The van der Waals surface area contributed by atoms with Crippen molar-refractivity contribution in [1.29, 1.82) is 0 Å². The van der Waals surface area contributed by atoms with E-state index in [0.717, 1.165) is 31.6 Å². The number of benzene rings is 1. The second-order valence-electron chi connectivity index (χ2n) is 6.97. The molecule has 1 aliphatic heterocycles. The van der Waals surface area contributed by atoms with Gasteiger partial charge in [0.05, 0.1) is 11.9 Å². The molecule has 1 fully saturated rings. The topological polar surface area (TPSA) is 61.0 Å². The van der Waals surface area contributed by atoms with Crippen LogP contribution in [-0.4, -0.2) is 29.3 Å². The molecule has 1 saturated heterocycles. The van der Waals surface area contributed by atoms with Gasteiger partial charge in [-0.05, 0) is 43.2 Å². The fourth-order valence-corrected chi connectivity index (χ4v) is 4.30. The molecule has 0 unspecified atom stereocenters. The first kappa shape index (κ1) is 16.6. The normalized spacial score (nSPS) is 21.2. The summed E-state index contributed by atoms with van der Waals surface area (Å²) in [5.41, 5.74) is 3.38. The zero-order valence-electron chi connectivity index (χ0n) is 14.2. The molecule has 2 aromatic rings. The van der Waals surface area contributed by atoms with Crippen molar-refractivity contribution < 1.29 is 0 Å². The third kappa shape index (κ3) is 3.44. The first-order chi connectivity index (χ1) is 12.2. The van der Waals surface area contributed by atoms with Crippen molar-refractivity contribution in [1.82, 2.24) is 15.5 Å². The van der Waals surface area contributed by atoms with E-state index in [2.05, 4.69) is 44.7 Å². The van der Waals surface area contributed by atoms with E-state index in [1.807, 2.05) is 0 Å². The van der Waals surface area contributed by atoms with Gasteiger partial charge in [0.15, 0.2) is 0 Å². The number of hydrogen-bond donors (Lipinski definition) is 2. The van der Waals surface area contributed by atoms with Gasteiger partial charge in [-0.15, -0.1) is 0 Å². The zero-order chi connectivity index (χ0) is 17.2. The highest BCUT2D eigenvalue weighted by molar-refractivity contribution is 6.32. The minimum Gasteiger partial charge on any atom is -0.369 e. The minimum atomic E-state index is -0.321. The maximum absolute atomic E-state index is 11.6. The smallest absolute Gasteiger partial charge is 0.285 e. The van der Waals surface area contributed by atoms with E-state index in [0.29, 0.717) is 12.1 Å². The number of fused-ring (bicyclic) bond motifs is 1. The first-order valence-corrected chi connectivity index (χ1v) is 9.42. The molecule has 0 bridgehead atoms. The standard InChI is InChI=1S/C19H23ClN4O/c20-18-17(12-21-23-19(18)25)24-10-8-14(9-11-24)22-16-7-3-5-13-4-1-2-6-15(13)16/h1-2,4,6,12,14,16,22H,3,5,7-11H2,(H,23,25)/t16-/m1/s1. The molecule has 5 nitrogen and oxygen atoms in total. The van der Waals surface area contributed by atoms with Crippen molar-refractivity contribution in [3.05, 3.63) is 57.0 Å². The van der Waals surface area contributed by atoms with Crippen molar-refractivity contribution in [2.24, 2.45) is 0 Å². The summed E-state index contributed by atoms with van der Waals surface area (Å²) in [7, 11) is 0. The SMILES string of the molecule is O=c1[nH]ncc(N2CCC(N[C@@H]3CCCc4ccccc43)CC2)c1Cl. The Labute approximate surface area is 152 Å². The van der Waals surface area contributed by atoms with Gasteiger partial charge in [-0.1, -0.05) is 35.9 Å². The van der Waals surface area contributed by atoms with Crippen LogP contribution in [0.2, 0.25) is 5.02 Å². The highest BCUT2D eigenvalue weighted by Gasteiger charge is 2.26. The van der Waals surface area contributed by atoms with Gasteiger partial charge in [-0.25, -0.2) is 5.10 Å². The molecule has 1 aromatic carbocycles. The number of halogens is 1. The Balaban J connectivity index is 1.40. The van der Waals surface area contributed by atoms with E-state index in [4.69, 9.17) is 11.6 Å². The number of piperidine rings is 1. The second-order valence-corrected chi connectivity index (χ2v) is 7.35. The van der Waals surface area contributed by atoms with Crippen LogP contribution in [0.25, 0.3) is 0 Å². The maximum Gasteiger partial charge on any atom is 0.285 e. The Morgan fingerprint density at radius 3 is 2.84 bits per heavy atom. The van der Waals surface area contributed by atoms with Crippen LogP contribution in [0, 0.1) is 0 Å². The van der Waals surface area contributed by atoms with Crippen LogP contribution >= 0.6 is 11.6 Å². The minimum absolute atomic E-state index is 0.239. The van der Waals surface area contributed by atoms with Crippen molar-refractivity contribution in [2.75, 3.05) is 18.0 Å². The molecule has 0 saturated carbocycles. The molecule has 1 aliphatic carbocycles. The van der Waals surface area contributed by atoms with E-state index >= 15 is 0 Å². The summed E-state index contributed by atoms with van der Waals surface area (Å²) >= 11 is 6.13. The van der Waals surface area contributed by atoms with E-state index < -0.39 is 0 Å². The van der Waals surface area contributed by atoms with Crippen molar-refractivity contribution >= 4 is 17.3 Å². The highest BCUT2D eigenvalue weighted by Crippen LogP contribution is 2.31. The number of aromatic amines is 1. The molecule has 1 atom stereocenters. The molecule has 25 heavy (non-hydrogen) atoms. The molecular weight excluding hydrogens is 336 g/mol. The molecule has 132 valence electrons. The molecule has 0 spiro atoms. The van der Waals surface area contributed by atoms with Crippen molar-refractivity contribution in [3.63, 3.8) is 0 Å². The summed E-state index contributed by atoms with van der Waals surface area (Å²) < 4.78 is 0. The lowest BCUT2D eigenvalue weighted by molar-refractivity contribution is 0.346. The van der Waals surface area contributed by atoms with Crippen molar-refractivity contribution in [3.8, 4) is 0 Å². The Bertz CT molecular complexity index is 798. The zero-order valence-corrected chi connectivity index (χ0v) is 14.9. The number of nitrogens with zero attached hydrogens (tertiary/aromatic N) is 2. The maximum atomic E-state index is 11.6. The van der Waals surface area contributed by atoms with E-state index in [1.54, 1.807) is 6.20 Å². The number of H-pyrrole nitrogens is 1.